The monoisotopic (exact) mass is 452 g/mol. The lowest BCUT2D eigenvalue weighted by Gasteiger charge is -2.37. The number of carbonyl (C=O) groups excluding carboxylic acids is 1. The molecule has 6 nitrogen and oxygen atoms in total. The maximum Gasteiger partial charge on any atom is 0.254 e. The first-order chi connectivity index (χ1) is 15.5. The molecule has 3 aromatic carbocycles. The van der Waals surface area contributed by atoms with Crippen molar-refractivity contribution in [2.75, 3.05) is 33.1 Å². The molecule has 0 bridgehead atoms. The molecule has 32 heavy (non-hydrogen) atoms. The van der Waals surface area contributed by atoms with E-state index in [1.165, 1.54) is 0 Å². The van der Waals surface area contributed by atoms with Gasteiger partial charge in [-0.15, -0.1) is 0 Å². The number of rotatable bonds is 6. The summed E-state index contributed by atoms with van der Waals surface area (Å²) < 4.78 is 17.1. The number of halogens is 1. The number of benzene rings is 3. The molecule has 0 fully saturated rings. The van der Waals surface area contributed by atoms with E-state index in [9.17, 15) is 4.79 Å². The number of nitrogen functional groups attached to an aromatic ring is 1. The molecular weight excluding hydrogens is 428 g/mol. The van der Waals surface area contributed by atoms with Crippen molar-refractivity contribution < 1.29 is 19.0 Å². The predicted molar refractivity (Wildman–Crippen MR) is 125 cm³/mol. The van der Waals surface area contributed by atoms with Crippen molar-refractivity contribution in [3.63, 3.8) is 0 Å². The molecule has 0 saturated heterocycles. The van der Waals surface area contributed by atoms with Crippen LogP contribution >= 0.6 is 11.6 Å². The van der Waals surface area contributed by atoms with Crippen molar-refractivity contribution in [3.8, 4) is 17.2 Å². The molecule has 4 rings (SSSR count). The highest BCUT2D eigenvalue weighted by Gasteiger charge is 2.33. The molecule has 1 heterocycles. The molecule has 1 atom stereocenters. The Bertz CT molecular complexity index is 1120. The smallest absolute Gasteiger partial charge is 0.254 e. The summed E-state index contributed by atoms with van der Waals surface area (Å²) in [6.45, 7) is 0.822. The molecule has 1 unspecified atom stereocenters. The highest BCUT2D eigenvalue weighted by molar-refractivity contribution is 6.30. The van der Waals surface area contributed by atoms with Crippen LogP contribution in [0.4, 0.5) is 5.69 Å². The van der Waals surface area contributed by atoms with E-state index in [0.29, 0.717) is 46.5 Å². The van der Waals surface area contributed by atoms with Gasteiger partial charge < -0.3 is 24.8 Å². The van der Waals surface area contributed by atoms with Gasteiger partial charge in [0.1, 0.15) is 12.4 Å². The number of methoxy groups -OCH3 is 2. The fourth-order valence-electron chi connectivity index (χ4n) is 3.98. The third-order valence-corrected chi connectivity index (χ3v) is 5.86. The van der Waals surface area contributed by atoms with E-state index in [1.807, 2.05) is 29.2 Å². The first-order valence-corrected chi connectivity index (χ1v) is 10.7. The lowest BCUT2D eigenvalue weighted by atomic mass is 9.91. The normalized spacial score (nSPS) is 15.1. The first-order valence-electron chi connectivity index (χ1n) is 10.3. The molecular formula is C25H25ClN2O4. The van der Waals surface area contributed by atoms with E-state index >= 15 is 0 Å². The van der Waals surface area contributed by atoms with E-state index in [-0.39, 0.29) is 18.6 Å². The van der Waals surface area contributed by atoms with E-state index < -0.39 is 0 Å². The molecule has 3 aromatic rings. The molecule has 2 N–H and O–H groups in total. The number of hydrogen-bond acceptors (Lipinski definition) is 5. The highest BCUT2D eigenvalue weighted by Crippen LogP contribution is 2.39. The van der Waals surface area contributed by atoms with Gasteiger partial charge in [-0.05, 0) is 72.1 Å². The fourth-order valence-corrected chi connectivity index (χ4v) is 4.17. The fraction of sp³-hybridized carbons (Fsp3) is 0.240. The Morgan fingerprint density at radius 2 is 1.78 bits per heavy atom. The van der Waals surface area contributed by atoms with Crippen LogP contribution in [0.15, 0.2) is 60.7 Å². The van der Waals surface area contributed by atoms with Gasteiger partial charge in [-0.25, -0.2) is 0 Å². The number of ether oxygens (including phenoxy) is 3. The topological polar surface area (TPSA) is 74.0 Å². The van der Waals surface area contributed by atoms with Gasteiger partial charge in [0.05, 0.1) is 20.3 Å². The van der Waals surface area contributed by atoms with Gasteiger partial charge in [0.15, 0.2) is 11.5 Å². The summed E-state index contributed by atoms with van der Waals surface area (Å²) in [5.74, 6) is 1.86. The minimum Gasteiger partial charge on any atom is -0.493 e. The van der Waals surface area contributed by atoms with Gasteiger partial charge in [-0.2, -0.15) is 0 Å². The van der Waals surface area contributed by atoms with Crippen LogP contribution in [-0.4, -0.2) is 38.2 Å². The third kappa shape index (κ3) is 4.46. The summed E-state index contributed by atoms with van der Waals surface area (Å²) in [7, 11) is 3.21. The zero-order valence-corrected chi connectivity index (χ0v) is 18.8. The van der Waals surface area contributed by atoms with Crippen molar-refractivity contribution in [2.45, 2.75) is 12.5 Å². The van der Waals surface area contributed by atoms with Crippen molar-refractivity contribution in [2.24, 2.45) is 0 Å². The number of carbonyl (C=O) groups is 1. The summed E-state index contributed by atoms with van der Waals surface area (Å²) in [6, 6.07) is 17.8. The standard InChI is InChI=1S/C25H25ClN2O4/c1-30-23-13-16-10-11-28(25(29)17-4-3-5-18(26)12-17)22(21(16)14-24(23)31-2)15-32-20-8-6-19(27)7-9-20/h3-9,12-14,22H,10-11,15,27H2,1-2H3. The Labute approximate surface area is 192 Å². The van der Waals surface area contributed by atoms with E-state index in [2.05, 4.69) is 0 Å². The Kier molecular flexibility index (Phi) is 6.42. The van der Waals surface area contributed by atoms with Gasteiger partial charge in [0.25, 0.3) is 5.91 Å². The lowest BCUT2D eigenvalue weighted by molar-refractivity contribution is 0.0589. The molecule has 1 aliphatic heterocycles. The van der Waals surface area contributed by atoms with Crippen LogP contribution in [0.1, 0.15) is 27.5 Å². The number of nitrogens with zero attached hydrogens (tertiary/aromatic N) is 1. The average Bonchev–Trinajstić information content (AvgIpc) is 2.82. The lowest BCUT2D eigenvalue weighted by Crippen LogP contribution is -2.42. The molecule has 0 spiro atoms. The molecule has 0 radical (unpaired) electrons. The molecule has 1 amide bonds. The summed E-state index contributed by atoms with van der Waals surface area (Å²) >= 11 is 6.14. The highest BCUT2D eigenvalue weighted by atomic mass is 35.5. The van der Waals surface area contributed by atoms with Crippen molar-refractivity contribution in [1.29, 1.82) is 0 Å². The van der Waals surface area contributed by atoms with Crippen LogP contribution in [0.5, 0.6) is 17.2 Å². The number of nitrogens with two attached hydrogens (primary N) is 1. The second kappa shape index (κ2) is 9.40. The van der Waals surface area contributed by atoms with Crippen molar-refractivity contribution in [3.05, 3.63) is 82.4 Å². The van der Waals surface area contributed by atoms with Crippen molar-refractivity contribution in [1.82, 2.24) is 4.90 Å². The number of amides is 1. The Morgan fingerprint density at radius 3 is 2.47 bits per heavy atom. The largest absolute Gasteiger partial charge is 0.493 e. The SMILES string of the molecule is COc1cc2c(cc1OC)C(COc1ccc(N)cc1)N(C(=O)c1cccc(Cl)c1)CC2. The maximum absolute atomic E-state index is 13.4. The Morgan fingerprint density at radius 1 is 1.06 bits per heavy atom. The molecule has 166 valence electrons. The van der Waals surface area contributed by atoms with Gasteiger partial charge >= 0.3 is 0 Å². The van der Waals surface area contributed by atoms with Crippen molar-refractivity contribution >= 4 is 23.2 Å². The van der Waals surface area contributed by atoms with Crippen LogP contribution < -0.4 is 19.9 Å². The van der Waals surface area contributed by atoms with Crippen LogP contribution in [0.2, 0.25) is 5.02 Å². The van der Waals surface area contributed by atoms with Gasteiger partial charge in [-0.1, -0.05) is 17.7 Å². The Hall–Kier alpha value is -3.38. The number of fused-ring (bicyclic) bond motifs is 1. The summed E-state index contributed by atoms with van der Waals surface area (Å²) in [5, 5.41) is 0.523. The van der Waals surface area contributed by atoms with Crippen LogP contribution in [-0.2, 0) is 6.42 Å². The van der Waals surface area contributed by atoms with E-state index in [4.69, 9.17) is 31.5 Å². The number of anilines is 1. The molecule has 0 saturated carbocycles. The van der Waals surface area contributed by atoms with E-state index in [1.54, 1.807) is 50.6 Å². The molecule has 0 aliphatic carbocycles. The average molecular weight is 453 g/mol. The Balaban J connectivity index is 1.70. The molecule has 7 heteroatoms. The van der Waals surface area contributed by atoms with Crippen LogP contribution in [0, 0.1) is 0 Å². The van der Waals surface area contributed by atoms with Gasteiger partial charge in [0, 0.05) is 22.8 Å². The minimum absolute atomic E-state index is 0.0983. The van der Waals surface area contributed by atoms with E-state index in [0.717, 1.165) is 11.1 Å². The quantitative estimate of drug-likeness (QED) is 0.546. The van der Waals surface area contributed by atoms with Crippen LogP contribution in [0.25, 0.3) is 0 Å². The summed E-state index contributed by atoms with van der Waals surface area (Å²) in [5.41, 5.74) is 9.06. The van der Waals surface area contributed by atoms with Gasteiger partial charge in [0.2, 0.25) is 0 Å². The number of hydrogen-bond donors (Lipinski definition) is 1. The summed E-state index contributed by atoms with van der Waals surface area (Å²) in [6.07, 6.45) is 0.695. The molecule has 1 aliphatic rings. The first kappa shape index (κ1) is 21.8. The predicted octanol–water partition coefficient (Wildman–Crippen LogP) is 4.76. The molecule has 0 aromatic heterocycles. The zero-order chi connectivity index (χ0) is 22.7. The zero-order valence-electron chi connectivity index (χ0n) is 18.0. The summed E-state index contributed by atoms with van der Waals surface area (Å²) in [4.78, 5) is 15.3. The minimum atomic E-state index is -0.317. The second-order valence-electron chi connectivity index (χ2n) is 7.56. The van der Waals surface area contributed by atoms with Crippen LogP contribution in [0.3, 0.4) is 0 Å². The maximum atomic E-state index is 13.4. The third-order valence-electron chi connectivity index (χ3n) is 5.62. The van der Waals surface area contributed by atoms with Gasteiger partial charge in [-0.3, -0.25) is 4.79 Å². The second-order valence-corrected chi connectivity index (χ2v) is 8.00.